The van der Waals surface area contributed by atoms with Crippen LogP contribution in [0.25, 0.3) is 0 Å². The summed E-state index contributed by atoms with van der Waals surface area (Å²) in [5.41, 5.74) is 0. The largest absolute Gasteiger partial charge is 0.316 e. The van der Waals surface area contributed by atoms with Crippen molar-refractivity contribution in [2.75, 3.05) is 13.1 Å². The summed E-state index contributed by atoms with van der Waals surface area (Å²) in [6, 6.07) is 0. The summed E-state index contributed by atoms with van der Waals surface area (Å²) in [6.07, 6.45) is 2.67. The molecule has 0 saturated heterocycles. The minimum atomic E-state index is -2.37. The van der Waals surface area contributed by atoms with Crippen molar-refractivity contribution in [2.24, 2.45) is 11.8 Å². The Kier molecular flexibility index (Phi) is 4.97. The molecule has 0 atom stereocenters. The van der Waals surface area contributed by atoms with Crippen LogP contribution in [-0.4, -0.2) is 19.0 Å². The van der Waals surface area contributed by atoms with Crippen LogP contribution in [0.3, 0.4) is 0 Å². The van der Waals surface area contributed by atoms with Crippen LogP contribution in [0.4, 0.5) is 8.78 Å². The van der Waals surface area contributed by atoms with Crippen molar-refractivity contribution in [1.82, 2.24) is 5.32 Å². The van der Waals surface area contributed by atoms with Crippen LogP contribution < -0.4 is 5.32 Å². The molecule has 1 aliphatic carbocycles. The van der Waals surface area contributed by atoms with Gasteiger partial charge in [0, 0.05) is 12.8 Å². The quantitative estimate of drug-likeness (QED) is 0.698. The van der Waals surface area contributed by atoms with Gasteiger partial charge in [0.1, 0.15) is 0 Å². The van der Waals surface area contributed by atoms with Gasteiger partial charge >= 0.3 is 0 Å². The van der Waals surface area contributed by atoms with E-state index < -0.39 is 5.92 Å². The Labute approximate surface area is 91.6 Å². The van der Waals surface area contributed by atoms with Gasteiger partial charge in [-0.2, -0.15) is 0 Å². The van der Waals surface area contributed by atoms with E-state index in [1.54, 1.807) is 0 Å². The van der Waals surface area contributed by atoms with Crippen molar-refractivity contribution in [2.45, 2.75) is 51.9 Å². The third-order valence-electron chi connectivity index (χ3n) is 3.12. The van der Waals surface area contributed by atoms with Gasteiger partial charge in [0.2, 0.25) is 5.92 Å². The number of hydrogen-bond donors (Lipinski definition) is 1. The molecule has 0 aromatic rings. The van der Waals surface area contributed by atoms with E-state index in [9.17, 15) is 8.78 Å². The maximum absolute atomic E-state index is 12.9. The molecule has 0 aromatic heterocycles. The number of nitrogens with one attached hydrogen (secondary N) is 1. The molecule has 0 aromatic carbocycles. The molecule has 1 fully saturated rings. The van der Waals surface area contributed by atoms with Gasteiger partial charge in [-0.25, -0.2) is 8.78 Å². The molecule has 0 spiro atoms. The van der Waals surface area contributed by atoms with Crippen LogP contribution in [0, 0.1) is 11.8 Å². The van der Waals surface area contributed by atoms with E-state index in [1.165, 1.54) is 0 Å². The van der Waals surface area contributed by atoms with Crippen molar-refractivity contribution in [3.05, 3.63) is 0 Å². The van der Waals surface area contributed by atoms with E-state index >= 15 is 0 Å². The zero-order chi connectivity index (χ0) is 11.3. The highest BCUT2D eigenvalue weighted by atomic mass is 19.3. The van der Waals surface area contributed by atoms with E-state index in [0.717, 1.165) is 19.5 Å². The van der Waals surface area contributed by atoms with E-state index in [1.807, 2.05) is 0 Å². The molecule has 15 heavy (non-hydrogen) atoms. The molecule has 0 heterocycles. The standard InChI is InChI=1S/C12H23F2N/c1-10(2)9-15-8-5-11-3-6-12(13,14)7-4-11/h10-11,15H,3-9H2,1-2H3. The van der Waals surface area contributed by atoms with Crippen LogP contribution in [0.15, 0.2) is 0 Å². The van der Waals surface area contributed by atoms with Crippen molar-refractivity contribution in [3.8, 4) is 0 Å². The van der Waals surface area contributed by atoms with Crippen LogP contribution in [0.5, 0.6) is 0 Å². The Balaban J connectivity index is 2.04. The summed E-state index contributed by atoms with van der Waals surface area (Å²) in [5.74, 6) is -1.19. The average Bonchev–Trinajstić information content (AvgIpc) is 2.14. The fourth-order valence-electron chi connectivity index (χ4n) is 2.09. The minimum absolute atomic E-state index is 0.0991. The number of rotatable bonds is 5. The highest BCUT2D eigenvalue weighted by molar-refractivity contribution is 4.77. The summed E-state index contributed by atoms with van der Waals surface area (Å²) >= 11 is 0. The van der Waals surface area contributed by atoms with Gasteiger partial charge in [0.15, 0.2) is 0 Å². The monoisotopic (exact) mass is 219 g/mol. The third kappa shape index (κ3) is 5.45. The van der Waals surface area contributed by atoms with Crippen LogP contribution >= 0.6 is 0 Å². The lowest BCUT2D eigenvalue weighted by atomic mass is 9.85. The second-order valence-electron chi connectivity index (χ2n) is 5.19. The summed E-state index contributed by atoms with van der Waals surface area (Å²) in [7, 11) is 0. The Hall–Kier alpha value is -0.180. The Morgan fingerprint density at radius 3 is 2.40 bits per heavy atom. The van der Waals surface area contributed by atoms with Crippen molar-refractivity contribution in [1.29, 1.82) is 0 Å². The zero-order valence-corrected chi connectivity index (χ0v) is 9.86. The molecule has 1 saturated carbocycles. The Morgan fingerprint density at radius 2 is 1.87 bits per heavy atom. The van der Waals surface area contributed by atoms with Gasteiger partial charge in [0.05, 0.1) is 0 Å². The molecule has 1 aliphatic rings. The van der Waals surface area contributed by atoms with E-state index in [0.29, 0.717) is 24.7 Å². The third-order valence-corrected chi connectivity index (χ3v) is 3.12. The van der Waals surface area contributed by atoms with E-state index in [-0.39, 0.29) is 12.8 Å². The first-order chi connectivity index (χ1) is 6.99. The van der Waals surface area contributed by atoms with Gasteiger partial charge < -0.3 is 5.32 Å². The molecule has 1 N–H and O–H groups in total. The van der Waals surface area contributed by atoms with Gasteiger partial charge in [-0.3, -0.25) is 0 Å². The average molecular weight is 219 g/mol. The molecular weight excluding hydrogens is 196 g/mol. The molecule has 90 valence electrons. The number of alkyl halides is 2. The SMILES string of the molecule is CC(C)CNCCC1CCC(F)(F)CC1. The second kappa shape index (κ2) is 5.78. The predicted octanol–water partition coefficient (Wildman–Crippen LogP) is 3.45. The van der Waals surface area contributed by atoms with Crippen LogP contribution in [-0.2, 0) is 0 Å². The molecule has 0 amide bonds. The van der Waals surface area contributed by atoms with Gasteiger partial charge in [-0.05, 0) is 44.2 Å². The van der Waals surface area contributed by atoms with Crippen molar-refractivity contribution >= 4 is 0 Å². The molecule has 0 unspecified atom stereocenters. The maximum atomic E-state index is 12.9. The van der Waals surface area contributed by atoms with Gasteiger partial charge in [0.25, 0.3) is 0 Å². The number of halogens is 2. The molecular formula is C12H23F2N. The summed E-state index contributed by atoms with van der Waals surface area (Å²) in [4.78, 5) is 0. The van der Waals surface area contributed by atoms with Crippen LogP contribution in [0.1, 0.15) is 46.0 Å². The van der Waals surface area contributed by atoms with E-state index in [4.69, 9.17) is 0 Å². The maximum Gasteiger partial charge on any atom is 0.248 e. The topological polar surface area (TPSA) is 12.0 Å². The Morgan fingerprint density at radius 1 is 1.27 bits per heavy atom. The highest BCUT2D eigenvalue weighted by Gasteiger charge is 2.34. The molecule has 1 rings (SSSR count). The zero-order valence-electron chi connectivity index (χ0n) is 9.86. The summed E-state index contributed by atoms with van der Waals surface area (Å²) in [5, 5.41) is 3.37. The molecule has 1 nitrogen and oxygen atoms in total. The number of hydrogen-bond acceptors (Lipinski definition) is 1. The predicted molar refractivity (Wildman–Crippen MR) is 59.2 cm³/mol. The van der Waals surface area contributed by atoms with Crippen LogP contribution in [0.2, 0.25) is 0 Å². The summed E-state index contributed by atoms with van der Waals surface area (Å²) < 4.78 is 25.7. The highest BCUT2D eigenvalue weighted by Crippen LogP contribution is 2.37. The smallest absolute Gasteiger partial charge is 0.248 e. The van der Waals surface area contributed by atoms with Gasteiger partial charge in [-0.15, -0.1) is 0 Å². The van der Waals surface area contributed by atoms with E-state index in [2.05, 4.69) is 19.2 Å². The van der Waals surface area contributed by atoms with Crippen molar-refractivity contribution < 1.29 is 8.78 Å². The molecule has 0 radical (unpaired) electrons. The van der Waals surface area contributed by atoms with Crippen molar-refractivity contribution in [3.63, 3.8) is 0 Å². The molecule has 3 heteroatoms. The second-order valence-corrected chi connectivity index (χ2v) is 5.19. The summed E-state index contributed by atoms with van der Waals surface area (Å²) in [6.45, 7) is 6.36. The lowest BCUT2D eigenvalue weighted by Crippen LogP contribution is -2.28. The Bertz CT molecular complexity index is 170. The minimum Gasteiger partial charge on any atom is -0.316 e. The molecule has 0 aliphatic heterocycles. The fraction of sp³-hybridized carbons (Fsp3) is 1.00. The first kappa shape index (κ1) is 12.9. The lowest BCUT2D eigenvalue weighted by molar-refractivity contribution is -0.0464. The van der Waals surface area contributed by atoms with Gasteiger partial charge in [-0.1, -0.05) is 13.8 Å². The normalized spacial score (nSPS) is 22.2. The first-order valence-electron chi connectivity index (χ1n) is 6.08. The lowest BCUT2D eigenvalue weighted by Gasteiger charge is -2.28. The molecule has 0 bridgehead atoms. The fourth-order valence-corrected chi connectivity index (χ4v) is 2.09. The first-order valence-corrected chi connectivity index (χ1v) is 6.08.